The molecule has 10 heteroatoms. The Morgan fingerprint density at radius 3 is 2.47 bits per heavy atom. The van der Waals surface area contributed by atoms with Crippen LogP contribution in [-0.2, 0) is 16.4 Å². The molecule has 0 aliphatic rings. The van der Waals surface area contributed by atoms with E-state index < -0.39 is 33.7 Å². The molecule has 2 atom stereocenters. The number of nitrogen functional groups attached to an aromatic ring is 1. The third-order valence-electron chi connectivity index (χ3n) is 5.48. The Bertz CT molecular complexity index is 1100. The molecule has 2 aromatic rings. The summed E-state index contributed by atoms with van der Waals surface area (Å²) in [4.78, 5) is 11.4. The van der Waals surface area contributed by atoms with Crippen LogP contribution in [-0.4, -0.2) is 54.3 Å². The molecule has 0 unspecified atom stereocenters. The van der Waals surface area contributed by atoms with Crippen molar-refractivity contribution in [2.24, 2.45) is 5.41 Å². The molecular weight excluding hydrogens is 456 g/mol. The molecule has 34 heavy (non-hydrogen) atoms. The molecule has 0 aliphatic heterocycles. The zero-order valence-corrected chi connectivity index (χ0v) is 20.2. The molecule has 0 saturated carbocycles. The van der Waals surface area contributed by atoms with Gasteiger partial charge in [-0.15, -0.1) is 0 Å². The largest absolute Gasteiger partial charge is 0.465 e. The van der Waals surface area contributed by atoms with Crippen molar-refractivity contribution in [3.05, 3.63) is 60.2 Å². The van der Waals surface area contributed by atoms with Crippen molar-refractivity contribution in [1.82, 2.24) is 9.62 Å². The van der Waals surface area contributed by atoms with Crippen molar-refractivity contribution < 1.29 is 23.4 Å². The van der Waals surface area contributed by atoms with Gasteiger partial charge in [-0.3, -0.25) is 0 Å². The number of aliphatic hydroxyl groups excluding tert-OH is 1. The zero-order chi connectivity index (χ0) is 25.4. The van der Waals surface area contributed by atoms with Gasteiger partial charge in [-0.25, -0.2) is 13.2 Å². The normalized spacial score (nSPS) is 13.7. The van der Waals surface area contributed by atoms with Crippen molar-refractivity contribution in [2.45, 2.75) is 50.2 Å². The number of carbonyl (C=O) groups is 1. The minimum atomic E-state index is -4.08. The molecule has 0 heterocycles. The van der Waals surface area contributed by atoms with Crippen molar-refractivity contribution >= 4 is 21.8 Å². The first kappa shape index (κ1) is 27.1. The average molecular weight is 489 g/mol. The zero-order valence-electron chi connectivity index (χ0n) is 19.4. The SMILES string of the molecule is CC(C)(CCC#N)CN(C[C@@H](O)[C@H](Cc1ccccc1)NC(=O)O)S(=O)(=O)c1cccc(N)c1. The molecule has 0 aromatic heterocycles. The van der Waals surface area contributed by atoms with Crippen LogP contribution in [0.4, 0.5) is 10.5 Å². The van der Waals surface area contributed by atoms with Gasteiger partial charge in [-0.1, -0.05) is 50.2 Å². The van der Waals surface area contributed by atoms with E-state index in [2.05, 4.69) is 11.4 Å². The monoisotopic (exact) mass is 488 g/mol. The first-order valence-electron chi connectivity index (χ1n) is 10.9. The standard InChI is InChI=1S/C24H32N4O5S/c1-24(2,12-7-13-25)17-28(34(32,33)20-11-6-10-19(26)15-20)16-22(29)21(27-23(30)31)14-18-8-4-3-5-9-18/h3-6,8-11,15,21-22,27,29H,7,12,14,16-17,26H2,1-2H3,(H,30,31)/t21-,22+/m0/s1. The molecular formula is C24H32N4O5S. The maximum atomic E-state index is 13.5. The van der Waals surface area contributed by atoms with Gasteiger partial charge in [0, 0.05) is 25.2 Å². The van der Waals surface area contributed by atoms with Crippen LogP contribution in [0.15, 0.2) is 59.5 Å². The molecule has 0 fully saturated rings. The van der Waals surface area contributed by atoms with Crippen molar-refractivity contribution in [1.29, 1.82) is 5.26 Å². The smallest absolute Gasteiger partial charge is 0.404 e. The van der Waals surface area contributed by atoms with Gasteiger partial charge in [0.1, 0.15) is 0 Å². The van der Waals surface area contributed by atoms with Gasteiger partial charge in [0.05, 0.1) is 23.1 Å². The third-order valence-corrected chi connectivity index (χ3v) is 7.28. The third kappa shape index (κ3) is 8.02. The van der Waals surface area contributed by atoms with Gasteiger partial charge < -0.3 is 21.3 Å². The summed E-state index contributed by atoms with van der Waals surface area (Å²) >= 11 is 0. The number of benzene rings is 2. The molecule has 0 saturated heterocycles. The van der Waals surface area contributed by atoms with Gasteiger partial charge in [-0.05, 0) is 42.0 Å². The van der Waals surface area contributed by atoms with E-state index in [1.165, 1.54) is 18.2 Å². The quantitative estimate of drug-likeness (QED) is 0.335. The van der Waals surface area contributed by atoms with Crippen LogP contribution in [0.5, 0.6) is 0 Å². The lowest BCUT2D eigenvalue weighted by molar-refractivity contribution is 0.0908. The predicted octanol–water partition coefficient (Wildman–Crippen LogP) is 2.83. The van der Waals surface area contributed by atoms with Crippen LogP contribution in [0.2, 0.25) is 0 Å². The Kier molecular flexibility index (Phi) is 9.44. The number of anilines is 1. The number of nitrogens with two attached hydrogens (primary N) is 1. The van der Waals surface area contributed by atoms with E-state index in [9.17, 15) is 23.4 Å². The number of nitriles is 1. The van der Waals surface area contributed by atoms with Crippen LogP contribution in [0, 0.1) is 16.7 Å². The number of nitrogens with one attached hydrogen (secondary N) is 1. The summed E-state index contributed by atoms with van der Waals surface area (Å²) in [5.74, 6) is 0. The summed E-state index contributed by atoms with van der Waals surface area (Å²) in [6, 6.07) is 16.0. The Hall–Kier alpha value is -3.13. The number of hydrogen-bond acceptors (Lipinski definition) is 6. The fraction of sp³-hybridized carbons (Fsp3) is 0.417. The average Bonchev–Trinajstić information content (AvgIpc) is 2.77. The lowest BCUT2D eigenvalue weighted by atomic mass is 9.88. The van der Waals surface area contributed by atoms with Gasteiger partial charge in [0.25, 0.3) is 0 Å². The first-order chi connectivity index (χ1) is 15.9. The van der Waals surface area contributed by atoms with Crippen LogP contribution in [0.25, 0.3) is 0 Å². The van der Waals surface area contributed by atoms with Gasteiger partial charge in [0.2, 0.25) is 10.0 Å². The second-order valence-electron chi connectivity index (χ2n) is 9.01. The molecule has 2 aromatic carbocycles. The van der Waals surface area contributed by atoms with E-state index in [1.807, 2.05) is 19.9 Å². The number of aliphatic hydroxyl groups is 1. The van der Waals surface area contributed by atoms with E-state index >= 15 is 0 Å². The highest BCUT2D eigenvalue weighted by atomic mass is 32.2. The molecule has 1 amide bonds. The molecule has 184 valence electrons. The molecule has 2 rings (SSSR count). The highest BCUT2D eigenvalue weighted by Crippen LogP contribution is 2.28. The van der Waals surface area contributed by atoms with E-state index in [0.29, 0.717) is 6.42 Å². The Morgan fingerprint density at radius 2 is 1.88 bits per heavy atom. The van der Waals surface area contributed by atoms with Gasteiger partial charge in [-0.2, -0.15) is 9.57 Å². The van der Waals surface area contributed by atoms with Gasteiger partial charge >= 0.3 is 6.09 Å². The molecule has 5 N–H and O–H groups in total. The molecule has 9 nitrogen and oxygen atoms in total. The lowest BCUT2D eigenvalue weighted by Gasteiger charge is -2.34. The summed E-state index contributed by atoms with van der Waals surface area (Å²) in [6.07, 6.45) is -1.78. The Balaban J connectivity index is 2.38. The number of sulfonamides is 1. The number of rotatable bonds is 12. The Labute approximate surface area is 200 Å². The molecule has 0 spiro atoms. The summed E-state index contributed by atoms with van der Waals surface area (Å²) in [5.41, 5.74) is 6.29. The maximum Gasteiger partial charge on any atom is 0.404 e. The van der Waals surface area contributed by atoms with E-state index in [-0.39, 0.29) is 36.5 Å². The summed E-state index contributed by atoms with van der Waals surface area (Å²) in [6.45, 7) is 3.37. The number of nitrogens with zero attached hydrogens (tertiary/aromatic N) is 2. The summed E-state index contributed by atoms with van der Waals surface area (Å²) < 4.78 is 28.2. The van der Waals surface area contributed by atoms with Crippen molar-refractivity contribution in [3.63, 3.8) is 0 Å². The highest BCUT2D eigenvalue weighted by molar-refractivity contribution is 7.89. The highest BCUT2D eigenvalue weighted by Gasteiger charge is 2.34. The van der Waals surface area contributed by atoms with Crippen molar-refractivity contribution in [2.75, 3.05) is 18.8 Å². The second-order valence-corrected chi connectivity index (χ2v) is 10.9. The second kappa shape index (κ2) is 11.8. The molecule has 0 aliphatic carbocycles. The minimum absolute atomic E-state index is 0.0218. The fourth-order valence-electron chi connectivity index (χ4n) is 3.67. The van der Waals surface area contributed by atoms with Crippen LogP contribution < -0.4 is 11.1 Å². The molecule has 0 bridgehead atoms. The maximum absolute atomic E-state index is 13.5. The van der Waals surface area contributed by atoms with Crippen LogP contribution >= 0.6 is 0 Å². The number of hydrogen-bond donors (Lipinski definition) is 4. The number of amides is 1. The summed E-state index contributed by atoms with van der Waals surface area (Å²) in [5, 5.41) is 31.6. The van der Waals surface area contributed by atoms with E-state index in [0.717, 1.165) is 9.87 Å². The fourth-order valence-corrected chi connectivity index (χ4v) is 5.37. The minimum Gasteiger partial charge on any atom is -0.465 e. The van der Waals surface area contributed by atoms with E-state index in [4.69, 9.17) is 11.0 Å². The molecule has 0 radical (unpaired) electrons. The van der Waals surface area contributed by atoms with E-state index in [1.54, 1.807) is 30.3 Å². The van der Waals surface area contributed by atoms with Gasteiger partial charge in [0.15, 0.2) is 0 Å². The lowest BCUT2D eigenvalue weighted by Crippen LogP contribution is -2.51. The van der Waals surface area contributed by atoms with Crippen molar-refractivity contribution in [3.8, 4) is 6.07 Å². The Morgan fingerprint density at radius 1 is 1.21 bits per heavy atom. The first-order valence-corrected chi connectivity index (χ1v) is 12.3. The predicted molar refractivity (Wildman–Crippen MR) is 129 cm³/mol. The number of carboxylic acid groups (broad SMARTS) is 1. The topological polar surface area (TPSA) is 157 Å². The van der Waals surface area contributed by atoms with Crippen LogP contribution in [0.3, 0.4) is 0 Å². The van der Waals surface area contributed by atoms with Crippen LogP contribution in [0.1, 0.15) is 32.3 Å². The summed E-state index contributed by atoms with van der Waals surface area (Å²) in [7, 11) is -4.08.